The zero-order valence-electron chi connectivity index (χ0n) is 12.2. The highest BCUT2D eigenvalue weighted by Crippen LogP contribution is 2.21. The molecule has 0 aliphatic rings. The number of hydrogen-bond acceptors (Lipinski definition) is 3. The van der Waals surface area contributed by atoms with Crippen LogP contribution in [0.2, 0.25) is 5.02 Å². The lowest BCUT2D eigenvalue weighted by Crippen LogP contribution is -2.30. The van der Waals surface area contributed by atoms with E-state index in [0.717, 1.165) is 5.56 Å². The largest absolute Gasteiger partial charge is 0.481 e. The van der Waals surface area contributed by atoms with Crippen molar-refractivity contribution in [1.82, 2.24) is 5.32 Å². The van der Waals surface area contributed by atoms with E-state index < -0.39 is 18.1 Å². The molecule has 0 bridgehead atoms. The van der Waals surface area contributed by atoms with E-state index in [1.807, 2.05) is 30.3 Å². The number of halogens is 1. The van der Waals surface area contributed by atoms with Gasteiger partial charge in [0.2, 0.25) is 0 Å². The Balaban J connectivity index is 1.99. The third-order valence-corrected chi connectivity index (χ3v) is 3.37. The van der Waals surface area contributed by atoms with E-state index in [-0.39, 0.29) is 13.0 Å². The average molecular weight is 334 g/mol. The summed E-state index contributed by atoms with van der Waals surface area (Å²) in [5, 5.41) is 12.0. The van der Waals surface area contributed by atoms with Gasteiger partial charge >= 0.3 is 12.1 Å². The molecule has 0 unspecified atom stereocenters. The van der Waals surface area contributed by atoms with Gasteiger partial charge in [-0.2, -0.15) is 0 Å². The van der Waals surface area contributed by atoms with Crippen LogP contribution in [0.5, 0.6) is 0 Å². The molecule has 0 fully saturated rings. The van der Waals surface area contributed by atoms with Crippen molar-refractivity contribution in [3.05, 3.63) is 70.7 Å². The molecule has 0 aliphatic heterocycles. The normalized spacial score (nSPS) is 11.5. The summed E-state index contributed by atoms with van der Waals surface area (Å²) < 4.78 is 5.12. The number of ether oxygens (including phenoxy) is 1. The molecule has 120 valence electrons. The van der Waals surface area contributed by atoms with Gasteiger partial charge in [-0.05, 0) is 23.3 Å². The second-order valence-electron chi connectivity index (χ2n) is 4.91. The maximum Gasteiger partial charge on any atom is 0.407 e. The Morgan fingerprint density at radius 3 is 2.52 bits per heavy atom. The van der Waals surface area contributed by atoms with E-state index >= 15 is 0 Å². The van der Waals surface area contributed by atoms with Crippen molar-refractivity contribution in [2.75, 3.05) is 0 Å². The summed E-state index contributed by atoms with van der Waals surface area (Å²) in [7, 11) is 0. The van der Waals surface area contributed by atoms with Gasteiger partial charge in [0.05, 0.1) is 12.5 Å². The van der Waals surface area contributed by atoms with Crippen LogP contribution in [0.4, 0.5) is 4.79 Å². The molecule has 0 saturated carbocycles. The molecular weight excluding hydrogens is 318 g/mol. The number of benzene rings is 2. The summed E-state index contributed by atoms with van der Waals surface area (Å²) in [6, 6.07) is 15.2. The standard InChI is InChI=1S/C17H16ClNO4/c18-14-8-4-7-13(9-14)15(10-16(20)21)19-17(22)23-11-12-5-2-1-3-6-12/h1-9,15H,10-11H2,(H,19,22)(H,20,21)/t15-/m1/s1. The molecule has 0 spiro atoms. The average Bonchev–Trinajstić information content (AvgIpc) is 2.53. The molecule has 1 atom stereocenters. The highest BCUT2D eigenvalue weighted by atomic mass is 35.5. The number of amides is 1. The molecule has 0 heterocycles. The minimum absolute atomic E-state index is 0.113. The van der Waals surface area contributed by atoms with Gasteiger partial charge in [-0.15, -0.1) is 0 Å². The van der Waals surface area contributed by atoms with Gasteiger partial charge < -0.3 is 15.2 Å². The number of nitrogens with one attached hydrogen (secondary N) is 1. The number of carboxylic acid groups (broad SMARTS) is 1. The number of hydrogen-bond donors (Lipinski definition) is 2. The molecule has 5 nitrogen and oxygen atoms in total. The van der Waals surface area contributed by atoms with Crippen LogP contribution in [0, 0.1) is 0 Å². The molecule has 2 aromatic rings. The van der Waals surface area contributed by atoms with Crippen LogP contribution in [0.15, 0.2) is 54.6 Å². The first-order valence-electron chi connectivity index (χ1n) is 6.99. The minimum atomic E-state index is -1.03. The quantitative estimate of drug-likeness (QED) is 0.843. The van der Waals surface area contributed by atoms with Gasteiger partial charge in [0.15, 0.2) is 0 Å². The van der Waals surface area contributed by atoms with Gasteiger partial charge in [-0.25, -0.2) is 4.79 Å². The summed E-state index contributed by atoms with van der Waals surface area (Å²) in [4.78, 5) is 22.9. The fraction of sp³-hybridized carbons (Fsp3) is 0.176. The van der Waals surface area contributed by atoms with Crippen LogP contribution >= 0.6 is 11.6 Å². The van der Waals surface area contributed by atoms with E-state index in [1.54, 1.807) is 24.3 Å². The van der Waals surface area contributed by atoms with Gasteiger partial charge in [0.1, 0.15) is 6.61 Å². The molecule has 6 heteroatoms. The zero-order chi connectivity index (χ0) is 16.7. The fourth-order valence-corrected chi connectivity index (χ4v) is 2.26. The van der Waals surface area contributed by atoms with E-state index in [1.165, 1.54) is 0 Å². The Labute approximate surface area is 138 Å². The van der Waals surface area contributed by atoms with Crippen LogP contribution in [0.1, 0.15) is 23.6 Å². The van der Waals surface area contributed by atoms with Crippen molar-refractivity contribution < 1.29 is 19.4 Å². The molecule has 2 aromatic carbocycles. The Hall–Kier alpha value is -2.53. The molecule has 0 saturated heterocycles. The monoisotopic (exact) mass is 333 g/mol. The van der Waals surface area contributed by atoms with Gasteiger partial charge in [-0.1, -0.05) is 54.1 Å². The first-order valence-corrected chi connectivity index (χ1v) is 7.37. The van der Waals surface area contributed by atoms with Gasteiger partial charge in [0.25, 0.3) is 0 Å². The van der Waals surface area contributed by atoms with Crippen molar-refractivity contribution in [3.63, 3.8) is 0 Å². The molecular formula is C17H16ClNO4. The Morgan fingerprint density at radius 1 is 1.13 bits per heavy atom. The molecule has 2 rings (SSSR count). The molecule has 23 heavy (non-hydrogen) atoms. The highest BCUT2D eigenvalue weighted by Gasteiger charge is 2.19. The minimum Gasteiger partial charge on any atom is -0.481 e. The predicted molar refractivity (Wildman–Crippen MR) is 86.2 cm³/mol. The molecule has 0 radical (unpaired) electrons. The van der Waals surface area contributed by atoms with Crippen molar-refractivity contribution in [2.24, 2.45) is 0 Å². The van der Waals surface area contributed by atoms with Crippen molar-refractivity contribution >= 4 is 23.7 Å². The Kier molecular flexibility index (Phi) is 6.00. The fourth-order valence-electron chi connectivity index (χ4n) is 2.06. The van der Waals surface area contributed by atoms with E-state index in [9.17, 15) is 9.59 Å². The lowest BCUT2D eigenvalue weighted by atomic mass is 10.0. The highest BCUT2D eigenvalue weighted by molar-refractivity contribution is 6.30. The zero-order valence-corrected chi connectivity index (χ0v) is 13.0. The van der Waals surface area contributed by atoms with Crippen LogP contribution in [-0.4, -0.2) is 17.2 Å². The maximum absolute atomic E-state index is 11.9. The number of aliphatic carboxylic acids is 1. The summed E-state index contributed by atoms with van der Waals surface area (Å²) >= 11 is 5.91. The van der Waals surface area contributed by atoms with Gasteiger partial charge in [-0.3, -0.25) is 4.79 Å². The smallest absolute Gasteiger partial charge is 0.407 e. The number of carboxylic acids is 1. The number of alkyl carbamates (subject to hydrolysis) is 1. The van der Waals surface area contributed by atoms with E-state index in [4.69, 9.17) is 21.4 Å². The van der Waals surface area contributed by atoms with E-state index in [0.29, 0.717) is 10.6 Å². The topological polar surface area (TPSA) is 75.6 Å². The van der Waals surface area contributed by atoms with Crippen molar-refractivity contribution in [2.45, 2.75) is 19.1 Å². The Morgan fingerprint density at radius 2 is 1.87 bits per heavy atom. The lowest BCUT2D eigenvalue weighted by Gasteiger charge is -2.17. The van der Waals surface area contributed by atoms with Crippen molar-refractivity contribution in [3.8, 4) is 0 Å². The summed E-state index contributed by atoms with van der Waals surface area (Å²) in [5.74, 6) is -1.03. The third kappa shape index (κ3) is 5.64. The lowest BCUT2D eigenvalue weighted by molar-refractivity contribution is -0.137. The summed E-state index contributed by atoms with van der Waals surface area (Å²) in [6.45, 7) is 0.113. The number of carbonyl (C=O) groups excluding carboxylic acids is 1. The van der Waals surface area contributed by atoms with Crippen LogP contribution < -0.4 is 5.32 Å². The number of rotatable bonds is 6. The van der Waals surface area contributed by atoms with Crippen LogP contribution in [0.3, 0.4) is 0 Å². The Bertz CT molecular complexity index is 675. The van der Waals surface area contributed by atoms with Crippen LogP contribution in [-0.2, 0) is 16.1 Å². The van der Waals surface area contributed by atoms with Gasteiger partial charge in [0, 0.05) is 5.02 Å². The second kappa shape index (κ2) is 8.19. The van der Waals surface area contributed by atoms with Crippen LogP contribution in [0.25, 0.3) is 0 Å². The molecule has 0 aromatic heterocycles. The molecule has 1 amide bonds. The van der Waals surface area contributed by atoms with E-state index in [2.05, 4.69) is 5.32 Å². The molecule has 2 N–H and O–H groups in total. The number of carbonyl (C=O) groups is 2. The predicted octanol–water partition coefficient (Wildman–Crippen LogP) is 3.78. The third-order valence-electron chi connectivity index (χ3n) is 3.13. The SMILES string of the molecule is O=C(O)C[C@@H](NC(=O)OCc1ccccc1)c1cccc(Cl)c1. The first kappa shape index (κ1) is 16.8. The summed E-state index contributed by atoms with van der Waals surface area (Å²) in [5.41, 5.74) is 1.46. The first-order chi connectivity index (χ1) is 11.0. The molecule has 0 aliphatic carbocycles. The second-order valence-corrected chi connectivity index (χ2v) is 5.35. The summed E-state index contributed by atoms with van der Waals surface area (Å²) in [6.07, 6.45) is -0.944. The van der Waals surface area contributed by atoms with Crippen molar-refractivity contribution in [1.29, 1.82) is 0 Å². The maximum atomic E-state index is 11.9.